The number of hydrogen-bond acceptors (Lipinski definition) is 2. The molecule has 0 radical (unpaired) electrons. The topological polar surface area (TPSA) is 12.0 Å². The fourth-order valence-corrected chi connectivity index (χ4v) is 2.35. The van der Waals surface area contributed by atoms with Crippen molar-refractivity contribution in [1.82, 2.24) is 9.47 Å². The fraction of sp³-hybridized carbons (Fsp3) is 0.733. The molecule has 20 heavy (non-hydrogen) atoms. The van der Waals surface area contributed by atoms with Gasteiger partial charge in [0.05, 0.1) is 13.6 Å². The first-order chi connectivity index (χ1) is 9.54. The van der Waals surface area contributed by atoms with Gasteiger partial charge < -0.3 is 29.7 Å². The fourth-order valence-electron chi connectivity index (χ4n) is 1.84. The van der Waals surface area contributed by atoms with Crippen molar-refractivity contribution in [3.05, 3.63) is 18.7 Å². The number of imidazole rings is 1. The van der Waals surface area contributed by atoms with E-state index in [0.717, 1.165) is 13.1 Å². The van der Waals surface area contributed by atoms with Crippen LogP contribution in [0.5, 0.6) is 0 Å². The maximum atomic E-state index is 4.76. The van der Waals surface area contributed by atoms with Crippen LogP contribution in [0.2, 0.25) is 0 Å². The number of rotatable bonds is 7. The van der Waals surface area contributed by atoms with E-state index in [1.54, 1.807) is 0 Å². The highest BCUT2D eigenvalue weighted by atomic mass is 32.1. The van der Waals surface area contributed by atoms with E-state index in [4.69, 9.17) is 24.8 Å². The average molecular weight is 316 g/mol. The van der Waals surface area contributed by atoms with Crippen LogP contribution in [0.4, 0.5) is 0 Å². The van der Waals surface area contributed by atoms with Gasteiger partial charge in [0, 0.05) is 13.1 Å². The van der Waals surface area contributed by atoms with Crippen molar-refractivity contribution in [2.45, 2.75) is 53.0 Å². The molecule has 3 nitrogen and oxygen atoms in total. The van der Waals surface area contributed by atoms with Crippen molar-refractivity contribution in [2.75, 3.05) is 13.1 Å². The zero-order valence-corrected chi connectivity index (χ0v) is 15.0. The molecule has 116 valence electrons. The monoisotopic (exact) mass is 315 g/mol. The lowest BCUT2D eigenvalue weighted by atomic mass is 10.2. The van der Waals surface area contributed by atoms with E-state index in [2.05, 4.69) is 41.8 Å². The highest BCUT2D eigenvalue weighted by Crippen LogP contribution is 2.00. The first-order valence-electron chi connectivity index (χ1n) is 7.52. The second kappa shape index (κ2) is 12.1. The summed E-state index contributed by atoms with van der Waals surface area (Å²) in [6, 6.07) is 0. The van der Waals surface area contributed by atoms with Crippen LogP contribution in [-0.4, -0.2) is 26.9 Å². The summed E-state index contributed by atoms with van der Waals surface area (Å²) in [7, 11) is 2.06. The third kappa shape index (κ3) is 9.26. The van der Waals surface area contributed by atoms with E-state index in [1.807, 2.05) is 18.7 Å². The molecule has 0 N–H and O–H groups in total. The summed E-state index contributed by atoms with van der Waals surface area (Å²) in [6.45, 7) is 9.36. The molecule has 1 aromatic heterocycles. The van der Waals surface area contributed by atoms with Gasteiger partial charge in [-0.15, -0.1) is 0 Å². The lowest BCUT2D eigenvalue weighted by molar-refractivity contribution is -0.671. The smallest absolute Gasteiger partial charge is 0.243 e. The molecule has 0 aromatic carbocycles. The maximum Gasteiger partial charge on any atom is 0.243 e. The lowest BCUT2D eigenvalue weighted by Gasteiger charge is -2.24. The Morgan fingerprint density at radius 3 is 2.20 bits per heavy atom. The van der Waals surface area contributed by atoms with E-state index in [1.165, 1.54) is 32.2 Å². The minimum atomic E-state index is 0.579. The van der Waals surface area contributed by atoms with Gasteiger partial charge in [0.25, 0.3) is 0 Å². The van der Waals surface area contributed by atoms with Crippen LogP contribution < -0.4 is 4.57 Å². The van der Waals surface area contributed by atoms with E-state index in [9.17, 15) is 0 Å². The van der Waals surface area contributed by atoms with Crippen LogP contribution in [0, 0.1) is 0 Å². The second-order valence-electron chi connectivity index (χ2n) is 4.82. The molecule has 0 aliphatic rings. The summed E-state index contributed by atoms with van der Waals surface area (Å²) in [4.78, 5) is 1.96. The Morgan fingerprint density at radius 2 is 1.85 bits per heavy atom. The Kier molecular flexibility index (Phi) is 11.7. The standard InChI is InChI=1S/C10H19N2.C5H11NS2/c1-3-4-5-6-7-12-9-8-11(2)10-12;1-3-6(4-2)5(7)8/h8-10H,3-7H2,1-2H3;3-4H2,1-2H3,(H,7,8)/q+1;/p-1. The number of aromatic nitrogens is 2. The normalized spacial score (nSPS) is 9.80. The molecule has 0 aliphatic carbocycles. The molecule has 0 amide bonds. The van der Waals surface area contributed by atoms with Crippen LogP contribution in [0.1, 0.15) is 46.5 Å². The summed E-state index contributed by atoms with van der Waals surface area (Å²) in [5.41, 5.74) is 0. The van der Waals surface area contributed by atoms with E-state index in [-0.39, 0.29) is 0 Å². The molecule has 1 heterocycles. The third-order valence-corrected chi connectivity index (χ3v) is 3.63. The summed E-state index contributed by atoms with van der Waals surface area (Å²) >= 11 is 9.51. The van der Waals surface area contributed by atoms with E-state index in [0.29, 0.717) is 4.32 Å². The van der Waals surface area contributed by atoms with Crippen molar-refractivity contribution in [3.63, 3.8) is 0 Å². The highest BCUT2D eigenvalue weighted by molar-refractivity contribution is 8.00. The van der Waals surface area contributed by atoms with Crippen molar-refractivity contribution >= 4 is 29.2 Å². The minimum absolute atomic E-state index is 0.579. The molecule has 0 atom stereocenters. The molecule has 0 saturated heterocycles. The largest absolute Gasteiger partial charge is 0.411 e. The Labute approximate surface area is 135 Å². The minimum Gasteiger partial charge on any atom is -0.411 e. The lowest BCUT2D eigenvalue weighted by Crippen LogP contribution is -2.26. The summed E-state index contributed by atoms with van der Waals surface area (Å²) in [6.07, 6.45) is 11.7. The number of hydrogen-bond donors (Lipinski definition) is 0. The Bertz CT molecular complexity index is 360. The summed E-state index contributed by atoms with van der Waals surface area (Å²) in [5.74, 6) is 0. The maximum absolute atomic E-state index is 4.76. The third-order valence-electron chi connectivity index (χ3n) is 3.12. The van der Waals surface area contributed by atoms with Gasteiger partial charge in [-0.2, -0.15) is 0 Å². The zero-order chi connectivity index (χ0) is 15.4. The highest BCUT2D eigenvalue weighted by Gasteiger charge is 1.98. The summed E-state index contributed by atoms with van der Waals surface area (Å²) in [5, 5.41) is 0. The predicted molar refractivity (Wildman–Crippen MR) is 92.6 cm³/mol. The molecular formula is C15H29N3S2. The van der Waals surface area contributed by atoms with Gasteiger partial charge in [0.15, 0.2) is 0 Å². The first kappa shape index (κ1) is 19.3. The molecule has 0 fully saturated rings. The second-order valence-corrected chi connectivity index (χ2v) is 5.85. The summed E-state index contributed by atoms with van der Waals surface area (Å²) < 4.78 is 4.91. The molecule has 0 aliphatic heterocycles. The van der Waals surface area contributed by atoms with E-state index < -0.39 is 0 Å². The van der Waals surface area contributed by atoms with Crippen molar-refractivity contribution < 1.29 is 4.57 Å². The number of aryl methyl sites for hydroxylation is 2. The molecule has 0 unspecified atom stereocenters. The molecule has 5 heteroatoms. The molecular weight excluding hydrogens is 286 g/mol. The van der Waals surface area contributed by atoms with Crippen molar-refractivity contribution in [3.8, 4) is 0 Å². The van der Waals surface area contributed by atoms with Gasteiger partial charge in [-0.1, -0.05) is 24.1 Å². The average Bonchev–Trinajstić information content (AvgIpc) is 2.82. The van der Waals surface area contributed by atoms with E-state index >= 15 is 0 Å². The van der Waals surface area contributed by atoms with Crippen LogP contribution in [0.3, 0.4) is 0 Å². The number of thiocarbonyl (C=S) groups is 1. The number of nitrogens with zero attached hydrogens (tertiary/aromatic N) is 3. The van der Waals surface area contributed by atoms with Gasteiger partial charge in [-0.3, -0.25) is 0 Å². The first-order valence-corrected chi connectivity index (χ1v) is 8.33. The van der Waals surface area contributed by atoms with Crippen LogP contribution in [0.25, 0.3) is 0 Å². The quantitative estimate of drug-likeness (QED) is 0.332. The van der Waals surface area contributed by atoms with Crippen molar-refractivity contribution in [2.24, 2.45) is 7.05 Å². The van der Waals surface area contributed by atoms with Crippen LogP contribution in [-0.2, 0) is 26.2 Å². The predicted octanol–water partition coefficient (Wildman–Crippen LogP) is 3.05. The molecule has 1 rings (SSSR count). The Balaban J connectivity index is 0.000000396. The van der Waals surface area contributed by atoms with Crippen molar-refractivity contribution in [1.29, 1.82) is 0 Å². The molecule has 0 spiro atoms. The van der Waals surface area contributed by atoms with Crippen LogP contribution >= 0.6 is 12.2 Å². The molecule has 1 aromatic rings. The Morgan fingerprint density at radius 1 is 1.20 bits per heavy atom. The Hall–Kier alpha value is -0.680. The number of unbranched alkanes of at least 4 members (excludes halogenated alkanes) is 3. The molecule has 0 bridgehead atoms. The van der Waals surface area contributed by atoms with Gasteiger partial charge in [0.2, 0.25) is 6.33 Å². The van der Waals surface area contributed by atoms with Gasteiger partial charge in [0.1, 0.15) is 12.4 Å². The molecule has 0 saturated carbocycles. The van der Waals surface area contributed by atoms with Gasteiger partial charge in [-0.05, 0) is 26.7 Å². The van der Waals surface area contributed by atoms with Crippen LogP contribution in [0.15, 0.2) is 18.7 Å². The SMILES string of the molecule is CCCCCCn1cc[n+](C)c1.CCN(CC)C(=S)[S-]. The zero-order valence-electron chi connectivity index (χ0n) is 13.3. The van der Waals surface area contributed by atoms with Gasteiger partial charge in [-0.25, -0.2) is 9.13 Å². The van der Waals surface area contributed by atoms with Gasteiger partial charge >= 0.3 is 0 Å².